The Morgan fingerprint density at radius 1 is 1.53 bits per heavy atom. The summed E-state index contributed by atoms with van der Waals surface area (Å²) in [4.78, 5) is 2.30. The van der Waals surface area contributed by atoms with E-state index in [1.54, 1.807) is 12.1 Å². The highest BCUT2D eigenvalue weighted by Crippen LogP contribution is 2.32. The van der Waals surface area contributed by atoms with Gasteiger partial charge in [-0.1, -0.05) is 23.8 Å². The van der Waals surface area contributed by atoms with Crippen molar-refractivity contribution in [3.8, 4) is 5.75 Å². The number of likely N-dealkylation sites (N-methyl/N-ethyl adjacent to an activating group) is 1. The topological polar surface area (TPSA) is 38.5 Å². The fourth-order valence-electron chi connectivity index (χ4n) is 1.22. The standard InChI is InChI=1S/C11H14BrClN2OS/c1-15(2)3-4-16-10-8(11(14)17)5-7(13)6-9(10)12/h5-6H,3-4H2,1-2H3,(H2,14,17). The molecule has 0 aliphatic rings. The molecule has 1 rings (SSSR count). The van der Waals surface area contributed by atoms with Crippen LogP contribution >= 0.6 is 39.7 Å². The average molecular weight is 338 g/mol. The molecular weight excluding hydrogens is 324 g/mol. The maximum Gasteiger partial charge on any atom is 0.143 e. The first-order chi connectivity index (χ1) is 7.91. The molecule has 1 aromatic carbocycles. The summed E-state index contributed by atoms with van der Waals surface area (Å²) < 4.78 is 6.44. The number of thiocarbonyl (C=S) groups is 1. The summed E-state index contributed by atoms with van der Waals surface area (Å²) in [5.41, 5.74) is 6.30. The van der Waals surface area contributed by atoms with Crippen molar-refractivity contribution in [1.82, 2.24) is 4.90 Å². The van der Waals surface area contributed by atoms with Crippen LogP contribution < -0.4 is 10.5 Å². The van der Waals surface area contributed by atoms with Gasteiger partial charge in [0.2, 0.25) is 0 Å². The molecule has 0 saturated heterocycles. The van der Waals surface area contributed by atoms with E-state index < -0.39 is 0 Å². The number of nitrogens with two attached hydrogens (primary N) is 1. The van der Waals surface area contributed by atoms with E-state index in [1.807, 2.05) is 19.0 Å². The normalized spacial score (nSPS) is 10.6. The Morgan fingerprint density at radius 3 is 2.71 bits per heavy atom. The number of benzene rings is 1. The van der Waals surface area contributed by atoms with Gasteiger partial charge in [0, 0.05) is 11.6 Å². The molecule has 6 heteroatoms. The van der Waals surface area contributed by atoms with Crippen LogP contribution in [-0.2, 0) is 0 Å². The van der Waals surface area contributed by atoms with Crippen LogP contribution in [-0.4, -0.2) is 37.1 Å². The SMILES string of the molecule is CN(C)CCOc1c(Br)cc(Cl)cc1C(N)=S. The Morgan fingerprint density at radius 2 is 2.18 bits per heavy atom. The molecule has 0 bridgehead atoms. The predicted octanol–water partition coefficient (Wildman–Crippen LogP) is 2.68. The van der Waals surface area contributed by atoms with Gasteiger partial charge in [-0.15, -0.1) is 0 Å². The lowest BCUT2D eigenvalue weighted by Gasteiger charge is -2.15. The molecule has 0 unspecified atom stereocenters. The molecule has 17 heavy (non-hydrogen) atoms. The second-order valence-corrected chi connectivity index (χ2v) is 5.51. The molecule has 0 saturated carbocycles. The van der Waals surface area contributed by atoms with Crippen LogP contribution in [0.5, 0.6) is 5.75 Å². The smallest absolute Gasteiger partial charge is 0.143 e. The number of hydrogen-bond acceptors (Lipinski definition) is 3. The van der Waals surface area contributed by atoms with Gasteiger partial charge in [0.05, 0.1) is 10.0 Å². The average Bonchev–Trinajstić information content (AvgIpc) is 2.19. The zero-order chi connectivity index (χ0) is 13.0. The van der Waals surface area contributed by atoms with Crippen molar-refractivity contribution in [1.29, 1.82) is 0 Å². The quantitative estimate of drug-likeness (QED) is 0.839. The Hall–Kier alpha value is -0.360. The predicted molar refractivity (Wildman–Crippen MR) is 79.1 cm³/mol. The second kappa shape index (κ2) is 6.54. The monoisotopic (exact) mass is 336 g/mol. The lowest BCUT2D eigenvalue weighted by atomic mass is 10.2. The Labute approximate surface area is 120 Å². The number of ether oxygens (including phenoxy) is 1. The van der Waals surface area contributed by atoms with Crippen molar-refractivity contribution in [2.24, 2.45) is 5.73 Å². The number of rotatable bonds is 5. The molecule has 0 fully saturated rings. The maximum absolute atomic E-state index is 5.94. The van der Waals surface area contributed by atoms with Crippen molar-refractivity contribution in [2.45, 2.75) is 0 Å². The fraction of sp³-hybridized carbons (Fsp3) is 0.364. The highest BCUT2D eigenvalue weighted by molar-refractivity contribution is 9.10. The van der Waals surface area contributed by atoms with Gasteiger partial charge in [0.25, 0.3) is 0 Å². The van der Waals surface area contributed by atoms with E-state index in [0.29, 0.717) is 22.9 Å². The summed E-state index contributed by atoms with van der Waals surface area (Å²) in [6.45, 7) is 1.37. The van der Waals surface area contributed by atoms with Crippen LogP contribution in [0.15, 0.2) is 16.6 Å². The number of hydrogen-bond donors (Lipinski definition) is 1. The Kier molecular flexibility index (Phi) is 5.66. The molecule has 94 valence electrons. The number of halogens is 2. The van der Waals surface area contributed by atoms with Gasteiger partial charge in [-0.2, -0.15) is 0 Å². The molecule has 2 N–H and O–H groups in total. The number of nitrogens with zero attached hydrogens (tertiary/aromatic N) is 1. The molecule has 0 aliphatic heterocycles. The Bertz CT molecular complexity index is 426. The molecule has 0 radical (unpaired) electrons. The van der Waals surface area contributed by atoms with Crippen molar-refractivity contribution in [3.63, 3.8) is 0 Å². The lowest BCUT2D eigenvalue weighted by Crippen LogP contribution is -2.21. The minimum absolute atomic E-state index is 0.271. The van der Waals surface area contributed by atoms with Gasteiger partial charge in [-0.3, -0.25) is 0 Å². The third-order valence-corrected chi connectivity index (χ3v) is 3.09. The largest absolute Gasteiger partial charge is 0.490 e. The van der Waals surface area contributed by atoms with E-state index in [0.717, 1.165) is 11.0 Å². The van der Waals surface area contributed by atoms with Gasteiger partial charge >= 0.3 is 0 Å². The van der Waals surface area contributed by atoms with E-state index in [2.05, 4.69) is 15.9 Å². The molecule has 0 atom stereocenters. The van der Waals surface area contributed by atoms with E-state index >= 15 is 0 Å². The zero-order valence-electron chi connectivity index (χ0n) is 9.67. The molecule has 0 spiro atoms. The highest BCUT2D eigenvalue weighted by Gasteiger charge is 2.12. The van der Waals surface area contributed by atoms with Gasteiger partial charge in [-0.05, 0) is 42.2 Å². The first-order valence-electron chi connectivity index (χ1n) is 4.98. The first kappa shape index (κ1) is 14.7. The van der Waals surface area contributed by atoms with Crippen molar-refractivity contribution in [3.05, 3.63) is 27.2 Å². The summed E-state index contributed by atoms with van der Waals surface area (Å²) >= 11 is 14.3. The van der Waals surface area contributed by atoms with E-state index in [4.69, 9.17) is 34.3 Å². The van der Waals surface area contributed by atoms with Crippen molar-refractivity contribution < 1.29 is 4.74 Å². The van der Waals surface area contributed by atoms with Crippen LogP contribution in [0.3, 0.4) is 0 Å². The van der Waals surface area contributed by atoms with Gasteiger partial charge in [0.15, 0.2) is 0 Å². The van der Waals surface area contributed by atoms with Crippen LogP contribution in [0.4, 0.5) is 0 Å². The van der Waals surface area contributed by atoms with Gasteiger partial charge < -0.3 is 15.4 Å². The molecule has 1 aromatic rings. The fourth-order valence-corrected chi connectivity index (χ4v) is 2.30. The van der Waals surface area contributed by atoms with E-state index in [-0.39, 0.29) is 4.99 Å². The highest BCUT2D eigenvalue weighted by atomic mass is 79.9. The summed E-state index contributed by atoms with van der Waals surface area (Å²) in [6, 6.07) is 3.47. The van der Waals surface area contributed by atoms with E-state index in [9.17, 15) is 0 Å². The first-order valence-corrected chi connectivity index (χ1v) is 6.56. The maximum atomic E-state index is 5.94. The molecular formula is C11H14BrClN2OS. The summed E-state index contributed by atoms with van der Waals surface area (Å²) in [7, 11) is 3.96. The molecule has 0 heterocycles. The third-order valence-electron chi connectivity index (χ3n) is 2.06. The van der Waals surface area contributed by atoms with Crippen molar-refractivity contribution in [2.75, 3.05) is 27.2 Å². The van der Waals surface area contributed by atoms with Crippen LogP contribution in [0.2, 0.25) is 5.02 Å². The van der Waals surface area contributed by atoms with Gasteiger partial charge in [-0.25, -0.2) is 0 Å². The summed E-state index contributed by atoms with van der Waals surface area (Å²) in [5, 5.41) is 0.569. The minimum atomic E-state index is 0.271. The molecule has 0 aliphatic carbocycles. The van der Waals surface area contributed by atoms with Crippen molar-refractivity contribution >= 4 is 44.7 Å². The minimum Gasteiger partial charge on any atom is -0.490 e. The summed E-state index contributed by atoms with van der Waals surface area (Å²) in [5.74, 6) is 0.642. The zero-order valence-corrected chi connectivity index (χ0v) is 12.8. The molecule has 3 nitrogen and oxygen atoms in total. The van der Waals surface area contributed by atoms with Crippen LogP contribution in [0, 0.1) is 0 Å². The Balaban J connectivity index is 2.92. The summed E-state index contributed by atoms with van der Waals surface area (Å²) in [6.07, 6.45) is 0. The second-order valence-electron chi connectivity index (χ2n) is 3.78. The molecule has 0 amide bonds. The van der Waals surface area contributed by atoms with Gasteiger partial charge in [0.1, 0.15) is 17.3 Å². The van der Waals surface area contributed by atoms with E-state index in [1.165, 1.54) is 0 Å². The lowest BCUT2D eigenvalue weighted by molar-refractivity contribution is 0.260. The molecule has 0 aromatic heterocycles. The van der Waals surface area contributed by atoms with Crippen LogP contribution in [0.25, 0.3) is 0 Å². The van der Waals surface area contributed by atoms with Crippen LogP contribution in [0.1, 0.15) is 5.56 Å². The third kappa shape index (κ3) is 4.43.